The minimum atomic E-state index is -3.22. The van der Waals surface area contributed by atoms with E-state index in [1.165, 1.54) is 18.2 Å². The van der Waals surface area contributed by atoms with E-state index in [1.54, 1.807) is 0 Å². The number of aliphatic hydroxyl groups is 2. The highest BCUT2D eigenvalue weighted by Crippen LogP contribution is 2.54. The van der Waals surface area contributed by atoms with Crippen LogP contribution in [0.15, 0.2) is 24.0 Å². The summed E-state index contributed by atoms with van der Waals surface area (Å²) in [5, 5.41) is 29.1. The molecule has 3 N–H and O–H groups in total. The van der Waals surface area contributed by atoms with Crippen molar-refractivity contribution >= 4 is 5.97 Å². The fourth-order valence-corrected chi connectivity index (χ4v) is 4.37. The molecule has 6 atom stereocenters. The average Bonchev–Trinajstić information content (AvgIpc) is 3.07. The molecule has 1 saturated carbocycles. The van der Waals surface area contributed by atoms with Crippen molar-refractivity contribution in [3.05, 3.63) is 24.0 Å². The smallest absolute Gasteiger partial charge is 0.310 e. The van der Waals surface area contributed by atoms with Gasteiger partial charge in [-0.2, -0.15) is 8.78 Å². The van der Waals surface area contributed by atoms with E-state index in [2.05, 4.69) is 13.8 Å². The molecule has 1 aliphatic heterocycles. The van der Waals surface area contributed by atoms with Crippen LogP contribution in [0.4, 0.5) is 8.78 Å². The fourth-order valence-electron chi connectivity index (χ4n) is 4.37. The van der Waals surface area contributed by atoms with Gasteiger partial charge in [-0.1, -0.05) is 45.3 Å². The van der Waals surface area contributed by atoms with Crippen LogP contribution in [0.2, 0.25) is 0 Å². The first-order valence-electron chi connectivity index (χ1n) is 10.7. The van der Waals surface area contributed by atoms with Crippen molar-refractivity contribution in [3.63, 3.8) is 0 Å². The number of carboxylic acids is 1. The van der Waals surface area contributed by atoms with Gasteiger partial charge in [-0.25, -0.2) is 0 Å². The minimum Gasteiger partial charge on any atom is -0.488 e. The zero-order valence-electron chi connectivity index (χ0n) is 17.3. The summed E-state index contributed by atoms with van der Waals surface area (Å²) in [5.41, 5.74) is 0. The molecule has 2 aliphatic rings. The molecule has 1 heterocycles. The highest BCUT2D eigenvalue weighted by atomic mass is 19.3. The maximum atomic E-state index is 14.9. The van der Waals surface area contributed by atoms with Crippen LogP contribution < -0.4 is 0 Å². The van der Waals surface area contributed by atoms with E-state index in [0.29, 0.717) is 12.3 Å². The van der Waals surface area contributed by atoms with E-state index in [-0.39, 0.29) is 25.7 Å². The van der Waals surface area contributed by atoms with E-state index in [1.807, 2.05) is 0 Å². The fraction of sp³-hybridized carbons (Fsp3) is 0.773. The molecule has 166 valence electrons. The number of aliphatic carboxylic acids is 1. The summed E-state index contributed by atoms with van der Waals surface area (Å²) in [6.45, 7) is 4.17. The van der Waals surface area contributed by atoms with E-state index in [0.717, 1.165) is 19.3 Å². The molecule has 29 heavy (non-hydrogen) atoms. The number of rotatable bonds is 11. The maximum Gasteiger partial charge on any atom is 0.310 e. The van der Waals surface area contributed by atoms with Crippen LogP contribution in [-0.4, -0.2) is 45.5 Å². The Bertz CT molecular complexity index is 604. The van der Waals surface area contributed by atoms with Crippen molar-refractivity contribution in [2.75, 3.05) is 0 Å². The number of aliphatic hydroxyl groups excluding tert-OH is 2. The summed E-state index contributed by atoms with van der Waals surface area (Å²) in [7, 11) is 0. The van der Waals surface area contributed by atoms with Crippen molar-refractivity contribution in [2.24, 2.45) is 17.8 Å². The molecular weight excluding hydrogens is 382 g/mol. The molecule has 2 fully saturated rings. The normalized spacial score (nSPS) is 31.7. The molecule has 1 saturated heterocycles. The highest BCUT2D eigenvalue weighted by Gasteiger charge is 2.63. The van der Waals surface area contributed by atoms with Gasteiger partial charge in [0, 0.05) is 18.8 Å². The zero-order valence-corrected chi connectivity index (χ0v) is 17.3. The molecule has 1 aliphatic carbocycles. The lowest BCUT2D eigenvalue weighted by Gasteiger charge is -2.23. The molecule has 0 spiro atoms. The number of ether oxygens (including phenoxy) is 1. The van der Waals surface area contributed by atoms with Crippen LogP contribution >= 0.6 is 0 Å². The maximum absolute atomic E-state index is 14.9. The summed E-state index contributed by atoms with van der Waals surface area (Å²) < 4.78 is 35.3. The Hall–Kier alpha value is -1.47. The number of carbonyl (C=O) groups is 1. The van der Waals surface area contributed by atoms with Crippen LogP contribution in [0.3, 0.4) is 0 Å². The van der Waals surface area contributed by atoms with Gasteiger partial charge in [-0.3, -0.25) is 4.79 Å². The van der Waals surface area contributed by atoms with Crippen LogP contribution in [0.1, 0.15) is 65.2 Å². The molecular formula is C22H34F2O5. The number of alkyl halides is 2. The van der Waals surface area contributed by atoms with Gasteiger partial charge >= 0.3 is 11.9 Å². The van der Waals surface area contributed by atoms with Crippen LogP contribution in [0, 0.1) is 17.8 Å². The molecule has 0 aromatic heterocycles. The van der Waals surface area contributed by atoms with Crippen LogP contribution in [0.5, 0.6) is 0 Å². The predicted molar refractivity (Wildman–Crippen MR) is 105 cm³/mol. The lowest BCUT2D eigenvalue weighted by Crippen LogP contribution is -2.33. The summed E-state index contributed by atoms with van der Waals surface area (Å²) in [6, 6.07) is 0. The Morgan fingerprint density at radius 3 is 2.76 bits per heavy atom. The van der Waals surface area contributed by atoms with Gasteiger partial charge in [0.15, 0.2) is 5.76 Å². The standard InChI is InChI=1S/C22H34F2O5/c1-3-4-7-14(2)12-15(25)10-11-16-17(26)13-18-21(16)22(23,24)19(29-18)8-5-6-9-20(27)28/h8,10-11,14-18,21,25-26H,3-7,9,12-13H2,1-2H3,(H,27,28)/t14-,15+,16-,17+,18-,21+/m0/s1. The predicted octanol–water partition coefficient (Wildman–Crippen LogP) is 4.29. The zero-order chi connectivity index (χ0) is 21.6. The van der Waals surface area contributed by atoms with Crippen molar-refractivity contribution in [2.45, 2.75) is 89.4 Å². The quantitative estimate of drug-likeness (QED) is 0.345. The molecule has 2 rings (SSSR count). The molecule has 0 aromatic rings. The average molecular weight is 417 g/mol. The van der Waals surface area contributed by atoms with E-state index in [4.69, 9.17) is 9.84 Å². The SMILES string of the molecule is CCCC[C@H](C)C[C@H](O)C=C[C@@H]1[C@@H]2[C@H](C[C@H]1O)OC(=CCCCC(=O)O)C2(F)F. The minimum absolute atomic E-state index is 0.0825. The summed E-state index contributed by atoms with van der Waals surface area (Å²) in [5.74, 6) is -6.23. The molecule has 0 unspecified atom stereocenters. The number of carboxylic acid groups (broad SMARTS) is 1. The Morgan fingerprint density at radius 1 is 1.38 bits per heavy atom. The number of allylic oxidation sites excluding steroid dienone is 2. The Kier molecular flexibility index (Phi) is 8.64. The molecule has 0 aromatic carbocycles. The van der Waals surface area contributed by atoms with Crippen molar-refractivity contribution < 1.29 is 33.6 Å². The first kappa shape index (κ1) is 23.8. The van der Waals surface area contributed by atoms with Crippen molar-refractivity contribution in [3.8, 4) is 0 Å². The Labute approximate surface area is 171 Å². The van der Waals surface area contributed by atoms with Gasteiger partial charge in [-0.15, -0.1) is 0 Å². The van der Waals surface area contributed by atoms with Gasteiger partial charge < -0.3 is 20.1 Å². The second kappa shape index (κ2) is 10.5. The lowest BCUT2D eigenvalue weighted by atomic mass is 9.87. The molecule has 0 bridgehead atoms. The first-order valence-corrected chi connectivity index (χ1v) is 10.7. The third kappa shape index (κ3) is 6.25. The largest absolute Gasteiger partial charge is 0.488 e. The van der Waals surface area contributed by atoms with Gasteiger partial charge in [-0.05, 0) is 31.3 Å². The molecule has 0 amide bonds. The Balaban J connectivity index is 1.99. The molecule has 0 radical (unpaired) electrons. The summed E-state index contributed by atoms with van der Waals surface area (Å²) in [6.07, 6.45) is 6.15. The molecule has 7 heteroatoms. The van der Waals surface area contributed by atoms with Crippen molar-refractivity contribution in [1.29, 1.82) is 0 Å². The Morgan fingerprint density at radius 2 is 2.10 bits per heavy atom. The summed E-state index contributed by atoms with van der Waals surface area (Å²) in [4.78, 5) is 10.6. The van der Waals surface area contributed by atoms with Crippen LogP contribution in [-0.2, 0) is 9.53 Å². The topological polar surface area (TPSA) is 87.0 Å². The van der Waals surface area contributed by atoms with Crippen molar-refractivity contribution in [1.82, 2.24) is 0 Å². The van der Waals surface area contributed by atoms with Gasteiger partial charge in [0.2, 0.25) is 0 Å². The second-order valence-corrected chi connectivity index (χ2v) is 8.48. The third-order valence-electron chi connectivity index (χ3n) is 5.93. The van der Waals surface area contributed by atoms with E-state index in [9.17, 15) is 23.8 Å². The number of hydrogen-bond acceptors (Lipinski definition) is 4. The van der Waals surface area contributed by atoms with E-state index >= 15 is 0 Å². The van der Waals surface area contributed by atoms with Gasteiger partial charge in [0.25, 0.3) is 0 Å². The number of halogens is 2. The monoisotopic (exact) mass is 416 g/mol. The molecule has 5 nitrogen and oxygen atoms in total. The van der Waals surface area contributed by atoms with Gasteiger partial charge in [0.1, 0.15) is 6.10 Å². The highest BCUT2D eigenvalue weighted by molar-refractivity contribution is 5.66. The number of hydrogen-bond donors (Lipinski definition) is 3. The summed E-state index contributed by atoms with van der Waals surface area (Å²) >= 11 is 0. The van der Waals surface area contributed by atoms with E-state index < -0.39 is 47.8 Å². The second-order valence-electron chi connectivity index (χ2n) is 8.48. The lowest BCUT2D eigenvalue weighted by molar-refractivity contribution is -0.137. The van der Waals surface area contributed by atoms with Crippen LogP contribution in [0.25, 0.3) is 0 Å². The first-order chi connectivity index (χ1) is 13.7. The van der Waals surface area contributed by atoms with Gasteiger partial charge in [0.05, 0.1) is 18.1 Å². The third-order valence-corrected chi connectivity index (χ3v) is 5.93. The number of unbranched alkanes of at least 4 members (excludes halogenated alkanes) is 2. The number of fused-ring (bicyclic) bond motifs is 1.